The van der Waals surface area contributed by atoms with Gasteiger partial charge in [0.1, 0.15) is 0 Å². The van der Waals surface area contributed by atoms with Crippen molar-refractivity contribution in [3.05, 3.63) is 0 Å². The predicted octanol–water partition coefficient (Wildman–Crippen LogP) is 1.26. The van der Waals surface area contributed by atoms with Crippen molar-refractivity contribution in [2.24, 2.45) is 0 Å². The highest BCUT2D eigenvalue weighted by Gasteiger charge is 2.05. The van der Waals surface area contributed by atoms with Gasteiger partial charge in [-0.25, -0.2) is 4.79 Å². The number of carbonyl (C=O) groups is 1. The minimum absolute atomic E-state index is 0.0463. The molecule has 0 saturated carbocycles. The van der Waals surface area contributed by atoms with Gasteiger partial charge in [0.05, 0.1) is 6.54 Å². The molecule has 1 amide bonds. The Hall–Kier alpha value is -0.800. The Morgan fingerprint density at radius 3 is 2.50 bits per heavy atom. The molecule has 0 aliphatic rings. The van der Waals surface area contributed by atoms with E-state index in [4.69, 9.17) is 5.11 Å². The average molecular weight is 121 g/mol. The SMILES string of the molecule is CCCN(F)C(=O)O. The van der Waals surface area contributed by atoms with Gasteiger partial charge in [-0.3, -0.25) is 0 Å². The molecule has 3 nitrogen and oxygen atoms in total. The van der Waals surface area contributed by atoms with E-state index in [9.17, 15) is 9.28 Å². The van der Waals surface area contributed by atoms with Crippen LogP contribution in [0.15, 0.2) is 0 Å². The monoisotopic (exact) mass is 121 g/mol. The van der Waals surface area contributed by atoms with Gasteiger partial charge in [0.15, 0.2) is 0 Å². The van der Waals surface area contributed by atoms with E-state index in [1.54, 1.807) is 6.92 Å². The van der Waals surface area contributed by atoms with Crippen LogP contribution in [0.25, 0.3) is 0 Å². The normalized spacial score (nSPS) is 8.75. The number of hydrogen-bond acceptors (Lipinski definition) is 1. The number of carboxylic acid groups (broad SMARTS) is 1. The molecule has 0 aromatic carbocycles. The fraction of sp³-hybridized carbons (Fsp3) is 0.750. The Labute approximate surface area is 46.7 Å². The van der Waals surface area contributed by atoms with Crippen LogP contribution in [-0.2, 0) is 0 Å². The van der Waals surface area contributed by atoms with Crippen molar-refractivity contribution in [1.29, 1.82) is 0 Å². The first-order valence-electron chi connectivity index (χ1n) is 2.34. The van der Waals surface area contributed by atoms with Crippen molar-refractivity contribution >= 4 is 6.09 Å². The largest absolute Gasteiger partial charge is 0.463 e. The third-order valence-electron chi connectivity index (χ3n) is 0.627. The maximum atomic E-state index is 11.8. The molecule has 0 aromatic heterocycles. The van der Waals surface area contributed by atoms with E-state index >= 15 is 0 Å². The van der Waals surface area contributed by atoms with Crippen molar-refractivity contribution in [2.75, 3.05) is 6.54 Å². The summed E-state index contributed by atoms with van der Waals surface area (Å²) in [5.41, 5.74) is 0. The van der Waals surface area contributed by atoms with Crippen molar-refractivity contribution < 1.29 is 14.4 Å². The van der Waals surface area contributed by atoms with Crippen LogP contribution < -0.4 is 0 Å². The van der Waals surface area contributed by atoms with Crippen LogP contribution in [0.3, 0.4) is 0 Å². The molecule has 0 spiro atoms. The van der Waals surface area contributed by atoms with Crippen molar-refractivity contribution in [2.45, 2.75) is 13.3 Å². The highest BCUT2D eigenvalue weighted by molar-refractivity contribution is 5.63. The first-order chi connectivity index (χ1) is 3.68. The van der Waals surface area contributed by atoms with E-state index in [-0.39, 0.29) is 11.7 Å². The highest BCUT2D eigenvalue weighted by atomic mass is 19.2. The predicted molar refractivity (Wildman–Crippen MR) is 26.1 cm³/mol. The van der Waals surface area contributed by atoms with Crippen molar-refractivity contribution in [3.8, 4) is 0 Å². The number of rotatable bonds is 2. The summed E-state index contributed by atoms with van der Waals surface area (Å²) in [6, 6.07) is 0. The summed E-state index contributed by atoms with van der Waals surface area (Å²) in [5.74, 6) is 0. The summed E-state index contributed by atoms with van der Waals surface area (Å²) in [6.45, 7) is 1.66. The van der Waals surface area contributed by atoms with E-state index in [0.717, 1.165) is 0 Å². The van der Waals surface area contributed by atoms with Crippen LogP contribution >= 0.6 is 0 Å². The quantitative estimate of drug-likeness (QED) is 0.558. The van der Waals surface area contributed by atoms with Crippen LogP contribution in [0.1, 0.15) is 13.3 Å². The molecule has 8 heavy (non-hydrogen) atoms. The summed E-state index contributed by atoms with van der Waals surface area (Å²) in [7, 11) is 0. The van der Waals surface area contributed by atoms with Crippen LogP contribution in [0.2, 0.25) is 0 Å². The zero-order chi connectivity index (χ0) is 6.57. The lowest BCUT2D eigenvalue weighted by molar-refractivity contribution is 0.0321. The van der Waals surface area contributed by atoms with Gasteiger partial charge in [-0.1, -0.05) is 11.4 Å². The maximum Gasteiger partial charge on any atom is 0.435 e. The Balaban J connectivity index is 3.32. The molecule has 0 rings (SSSR count). The zero-order valence-corrected chi connectivity index (χ0v) is 4.59. The summed E-state index contributed by atoms with van der Waals surface area (Å²) < 4.78 is 11.8. The lowest BCUT2D eigenvalue weighted by atomic mass is 10.5. The van der Waals surface area contributed by atoms with Gasteiger partial charge in [0.2, 0.25) is 0 Å². The fourth-order valence-corrected chi connectivity index (χ4v) is 0.292. The Morgan fingerprint density at radius 2 is 2.38 bits per heavy atom. The van der Waals surface area contributed by atoms with E-state index < -0.39 is 6.09 Å². The van der Waals surface area contributed by atoms with Crippen LogP contribution in [0.5, 0.6) is 0 Å². The van der Waals surface area contributed by atoms with Gasteiger partial charge < -0.3 is 5.11 Å². The van der Waals surface area contributed by atoms with Gasteiger partial charge in [0, 0.05) is 0 Å². The number of halogens is 1. The molecule has 0 fully saturated rings. The first kappa shape index (κ1) is 7.20. The molecule has 1 N–H and O–H groups in total. The van der Waals surface area contributed by atoms with Gasteiger partial charge in [0.25, 0.3) is 0 Å². The third kappa shape index (κ3) is 2.39. The number of nitrogens with zero attached hydrogens (tertiary/aromatic N) is 1. The molecule has 0 aliphatic carbocycles. The molecule has 0 aliphatic heterocycles. The molecule has 48 valence electrons. The lowest BCUT2D eigenvalue weighted by Crippen LogP contribution is -2.20. The van der Waals surface area contributed by atoms with E-state index in [1.807, 2.05) is 0 Å². The van der Waals surface area contributed by atoms with Gasteiger partial charge in [-0.2, -0.15) is 0 Å². The Kier molecular flexibility index (Phi) is 2.91. The van der Waals surface area contributed by atoms with E-state index in [1.165, 1.54) is 0 Å². The van der Waals surface area contributed by atoms with Crippen molar-refractivity contribution in [3.63, 3.8) is 0 Å². The minimum atomic E-state index is -1.52. The smallest absolute Gasteiger partial charge is 0.435 e. The van der Waals surface area contributed by atoms with E-state index in [0.29, 0.717) is 6.42 Å². The summed E-state index contributed by atoms with van der Waals surface area (Å²) >= 11 is 0. The molecule has 0 aromatic rings. The second kappa shape index (κ2) is 3.23. The summed E-state index contributed by atoms with van der Waals surface area (Å²) in [6.07, 6.45) is -1.02. The molecule has 0 heterocycles. The second-order valence-electron chi connectivity index (χ2n) is 1.37. The van der Waals surface area contributed by atoms with Crippen LogP contribution in [0, 0.1) is 0 Å². The van der Waals surface area contributed by atoms with Crippen molar-refractivity contribution in [1.82, 2.24) is 5.12 Å². The molecule has 4 heteroatoms. The molecular formula is C4H8FNO2. The third-order valence-corrected chi connectivity index (χ3v) is 0.627. The number of amides is 1. The maximum absolute atomic E-state index is 11.8. The minimum Gasteiger partial charge on any atom is -0.463 e. The zero-order valence-electron chi connectivity index (χ0n) is 4.59. The second-order valence-corrected chi connectivity index (χ2v) is 1.37. The van der Waals surface area contributed by atoms with Gasteiger partial charge in [-0.15, -0.1) is 5.12 Å². The molecule has 0 bridgehead atoms. The fourth-order valence-electron chi connectivity index (χ4n) is 0.292. The Bertz CT molecular complexity index is 86.1. The highest BCUT2D eigenvalue weighted by Crippen LogP contribution is 1.90. The van der Waals surface area contributed by atoms with Crippen LogP contribution in [0.4, 0.5) is 9.28 Å². The molecule has 0 atom stereocenters. The molecule has 0 radical (unpaired) electrons. The topological polar surface area (TPSA) is 40.5 Å². The standard InChI is InChI=1S/C4H8FNO2/c1-2-3-6(5)4(7)8/h2-3H2,1H3,(H,7,8). The summed E-state index contributed by atoms with van der Waals surface area (Å²) in [5, 5.41) is 7.63. The van der Waals surface area contributed by atoms with Gasteiger partial charge >= 0.3 is 6.09 Å². The first-order valence-corrected chi connectivity index (χ1v) is 2.34. The number of hydrogen-bond donors (Lipinski definition) is 1. The molecule has 0 unspecified atom stereocenters. The van der Waals surface area contributed by atoms with E-state index in [2.05, 4.69) is 0 Å². The summed E-state index contributed by atoms with van der Waals surface area (Å²) in [4.78, 5) is 9.64. The molecular weight excluding hydrogens is 113 g/mol. The Morgan fingerprint density at radius 1 is 1.88 bits per heavy atom. The molecule has 0 saturated heterocycles. The van der Waals surface area contributed by atoms with Crippen LogP contribution in [-0.4, -0.2) is 22.9 Å². The lowest BCUT2D eigenvalue weighted by Gasteiger charge is -2.02. The van der Waals surface area contributed by atoms with Gasteiger partial charge in [-0.05, 0) is 6.42 Å². The average Bonchev–Trinajstić information content (AvgIpc) is 1.67.